The molecular formula is C20H21FN2O2. The van der Waals surface area contributed by atoms with Crippen LogP contribution in [-0.4, -0.2) is 17.9 Å². The Bertz CT molecular complexity index is 770. The molecule has 0 aliphatic heterocycles. The normalized spacial score (nSPS) is 14.3. The fourth-order valence-corrected chi connectivity index (χ4v) is 3.13. The first-order valence-electron chi connectivity index (χ1n) is 8.56. The fraction of sp³-hybridized carbons (Fsp3) is 0.300. The summed E-state index contributed by atoms with van der Waals surface area (Å²) >= 11 is 0. The maximum Gasteiger partial charge on any atom is 0.253 e. The highest BCUT2D eigenvalue weighted by Gasteiger charge is 2.20. The molecule has 3 rings (SSSR count). The van der Waals surface area contributed by atoms with Crippen molar-refractivity contribution in [2.24, 2.45) is 0 Å². The second-order valence-electron chi connectivity index (χ2n) is 6.32. The highest BCUT2D eigenvalue weighted by Crippen LogP contribution is 2.20. The zero-order valence-electron chi connectivity index (χ0n) is 13.9. The zero-order valence-corrected chi connectivity index (χ0v) is 13.9. The summed E-state index contributed by atoms with van der Waals surface area (Å²) in [5.74, 6) is -0.954. The molecule has 0 bridgehead atoms. The summed E-state index contributed by atoms with van der Waals surface area (Å²) in [5, 5.41) is 5.74. The Balaban J connectivity index is 1.68. The van der Waals surface area contributed by atoms with Crippen molar-refractivity contribution in [3.63, 3.8) is 0 Å². The van der Waals surface area contributed by atoms with Crippen LogP contribution in [0, 0.1) is 5.82 Å². The van der Waals surface area contributed by atoms with E-state index < -0.39 is 5.82 Å². The number of anilines is 1. The standard InChI is InChI=1S/C20H21FN2O2/c21-17-11-5-1-7-14(17)13-19(24)23-18-12-6-4-10-16(18)20(25)22-15-8-2-3-9-15/h1,4-7,10-12,15H,2-3,8-9,13H2,(H,22,25)(H,23,24). The van der Waals surface area contributed by atoms with E-state index in [-0.39, 0.29) is 24.3 Å². The summed E-state index contributed by atoms with van der Waals surface area (Å²) in [5.41, 5.74) is 1.20. The van der Waals surface area contributed by atoms with Crippen LogP contribution >= 0.6 is 0 Å². The van der Waals surface area contributed by atoms with Crippen LogP contribution in [0.2, 0.25) is 0 Å². The van der Waals surface area contributed by atoms with Crippen molar-refractivity contribution in [2.45, 2.75) is 38.1 Å². The second kappa shape index (κ2) is 7.92. The van der Waals surface area contributed by atoms with E-state index in [0.717, 1.165) is 25.7 Å². The van der Waals surface area contributed by atoms with Crippen LogP contribution in [0.1, 0.15) is 41.6 Å². The van der Waals surface area contributed by atoms with Gasteiger partial charge in [0.15, 0.2) is 0 Å². The van der Waals surface area contributed by atoms with Gasteiger partial charge >= 0.3 is 0 Å². The first kappa shape index (κ1) is 17.1. The van der Waals surface area contributed by atoms with Crippen LogP contribution in [0.25, 0.3) is 0 Å². The minimum absolute atomic E-state index is 0.0781. The molecule has 0 saturated heterocycles. The molecule has 2 N–H and O–H groups in total. The predicted molar refractivity (Wildman–Crippen MR) is 94.9 cm³/mol. The van der Waals surface area contributed by atoms with Crippen molar-refractivity contribution >= 4 is 17.5 Å². The van der Waals surface area contributed by atoms with Crippen LogP contribution in [0.3, 0.4) is 0 Å². The molecule has 1 aliphatic carbocycles. The van der Waals surface area contributed by atoms with Crippen LogP contribution in [0.5, 0.6) is 0 Å². The van der Waals surface area contributed by atoms with E-state index in [1.807, 2.05) is 0 Å². The number of para-hydroxylation sites is 1. The van der Waals surface area contributed by atoms with Gasteiger partial charge in [0.1, 0.15) is 5.82 Å². The largest absolute Gasteiger partial charge is 0.349 e. The van der Waals surface area contributed by atoms with Crippen molar-refractivity contribution in [1.82, 2.24) is 5.32 Å². The molecule has 1 fully saturated rings. The molecule has 0 atom stereocenters. The first-order valence-corrected chi connectivity index (χ1v) is 8.56. The number of rotatable bonds is 5. The molecule has 0 unspecified atom stereocenters. The van der Waals surface area contributed by atoms with Crippen LogP contribution in [0.4, 0.5) is 10.1 Å². The van der Waals surface area contributed by atoms with Crippen molar-refractivity contribution in [3.8, 4) is 0 Å². The number of nitrogens with one attached hydrogen (secondary N) is 2. The molecule has 2 amide bonds. The van der Waals surface area contributed by atoms with E-state index >= 15 is 0 Å². The number of carbonyl (C=O) groups is 2. The van der Waals surface area contributed by atoms with Crippen molar-refractivity contribution < 1.29 is 14.0 Å². The fourth-order valence-electron chi connectivity index (χ4n) is 3.13. The van der Waals surface area contributed by atoms with E-state index in [9.17, 15) is 14.0 Å². The van der Waals surface area contributed by atoms with Crippen LogP contribution in [0.15, 0.2) is 48.5 Å². The lowest BCUT2D eigenvalue weighted by molar-refractivity contribution is -0.115. The second-order valence-corrected chi connectivity index (χ2v) is 6.32. The van der Waals surface area contributed by atoms with E-state index in [1.165, 1.54) is 6.07 Å². The highest BCUT2D eigenvalue weighted by molar-refractivity contribution is 6.04. The number of hydrogen-bond donors (Lipinski definition) is 2. The molecule has 5 heteroatoms. The molecule has 130 valence electrons. The smallest absolute Gasteiger partial charge is 0.253 e. The number of carbonyl (C=O) groups excluding carboxylic acids is 2. The van der Waals surface area contributed by atoms with Gasteiger partial charge in [-0.25, -0.2) is 4.39 Å². The van der Waals surface area contributed by atoms with E-state index in [4.69, 9.17) is 0 Å². The van der Waals surface area contributed by atoms with Crippen molar-refractivity contribution in [2.75, 3.05) is 5.32 Å². The van der Waals surface area contributed by atoms with Crippen LogP contribution in [-0.2, 0) is 11.2 Å². The molecule has 0 radical (unpaired) electrons. The average Bonchev–Trinajstić information content (AvgIpc) is 3.10. The third-order valence-electron chi connectivity index (χ3n) is 4.45. The predicted octanol–water partition coefficient (Wildman–Crippen LogP) is 3.68. The highest BCUT2D eigenvalue weighted by atomic mass is 19.1. The Kier molecular flexibility index (Phi) is 5.43. The third kappa shape index (κ3) is 4.44. The van der Waals surface area contributed by atoms with E-state index in [1.54, 1.807) is 42.5 Å². The lowest BCUT2D eigenvalue weighted by Crippen LogP contribution is -2.33. The average molecular weight is 340 g/mol. The maximum atomic E-state index is 13.7. The van der Waals surface area contributed by atoms with Gasteiger partial charge < -0.3 is 10.6 Å². The van der Waals surface area contributed by atoms with E-state index in [0.29, 0.717) is 16.8 Å². The first-order chi connectivity index (χ1) is 12.1. The quantitative estimate of drug-likeness (QED) is 0.872. The molecule has 4 nitrogen and oxygen atoms in total. The molecule has 2 aromatic rings. The summed E-state index contributed by atoms with van der Waals surface area (Å²) in [6, 6.07) is 13.3. The van der Waals surface area contributed by atoms with Gasteiger partial charge in [-0.2, -0.15) is 0 Å². The SMILES string of the molecule is O=C(Cc1ccccc1F)Nc1ccccc1C(=O)NC1CCCC1. The summed E-state index contributed by atoms with van der Waals surface area (Å²) < 4.78 is 13.7. The van der Waals surface area contributed by atoms with Gasteiger partial charge in [-0.1, -0.05) is 43.2 Å². The Labute approximate surface area is 146 Å². The Morgan fingerprint density at radius 2 is 1.68 bits per heavy atom. The number of amides is 2. The van der Waals surface area contributed by atoms with Gasteiger partial charge in [0.2, 0.25) is 5.91 Å². The van der Waals surface area contributed by atoms with Crippen molar-refractivity contribution in [3.05, 3.63) is 65.5 Å². The monoisotopic (exact) mass is 340 g/mol. The molecular weight excluding hydrogens is 319 g/mol. The minimum atomic E-state index is -0.412. The molecule has 2 aromatic carbocycles. The van der Waals surface area contributed by atoms with Gasteiger partial charge in [-0.05, 0) is 36.6 Å². The van der Waals surface area contributed by atoms with E-state index in [2.05, 4.69) is 10.6 Å². The topological polar surface area (TPSA) is 58.2 Å². The lowest BCUT2D eigenvalue weighted by Gasteiger charge is -2.15. The molecule has 0 aromatic heterocycles. The Hall–Kier alpha value is -2.69. The summed E-state index contributed by atoms with van der Waals surface area (Å²) in [6.45, 7) is 0. The summed E-state index contributed by atoms with van der Waals surface area (Å²) in [4.78, 5) is 24.7. The van der Waals surface area contributed by atoms with Crippen molar-refractivity contribution in [1.29, 1.82) is 0 Å². The molecule has 25 heavy (non-hydrogen) atoms. The van der Waals surface area contributed by atoms with Crippen LogP contribution < -0.4 is 10.6 Å². The molecule has 0 spiro atoms. The number of halogens is 1. The minimum Gasteiger partial charge on any atom is -0.349 e. The maximum absolute atomic E-state index is 13.7. The number of hydrogen-bond acceptors (Lipinski definition) is 2. The number of benzene rings is 2. The molecule has 0 heterocycles. The van der Waals surface area contributed by atoms with Gasteiger partial charge in [0.05, 0.1) is 17.7 Å². The lowest BCUT2D eigenvalue weighted by atomic mass is 10.1. The van der Waals surface area contributed by atoms with Gasteiger partial charge in [-0.3, -0.25) is 9.59 Å². The Morgan fingerprint density at radius 1 is 1.00 bits per heavy atom. The molecule has 1 aliphatic rings. The third-order valence-corrected chi connectivity index (χ3v) is 4.45. The van der Waals surface area contributed by atoms with Gasteiger partial charge in [0, 0.05) is 6.04 Å². The molecule has 1 saturated carbocycles. The summed E-state index contributed by atoms with van der Waals surface area (Å²) in [7, 11) is 0. The van der Waals surface area contributed by atoms with Gasteiger partial charge in [-0.15, -0.1) is 0 Å². The summed E-state index contributed by atoms with van der Waals surface area (Å²) in [6.07, 6.45) is 4.17. The Morgan fingerprint density at radius 3 is 2.44 bits per heavy atom. The zero-order chi connectivity index (χ0) is 17.6. The van der Waals surface area contributed by atoms with Gasteiger partial charge in [0.25, 0.3) is 5.91 Å².